The Labute approximate surface area is 201 Å². The molecule has 2 amide bonds. The molecule has 0 aliphatic carbocycles. The van der Waals surface area contributed by atoms with Gasteiger partial charge in [-0.15, -0.1) is 0 Å². The molecular formula is C27H24N2O6. The molecular weight excluding hydrogens is 448 g/mol. The summed E-state index contributed by atoms with van der Waals surface area (Å²) in [6.45, 7) is 5.34. The maximum Gasteiger partial charge on any atom is 0.419 e. The maximum atomic E-state index is 13.3. The third kappa shape index (κ3) is 3.49. The highest BCUT2D eigenvalue weighted by Crippen LogP contribution is 2.44. The smallest absolute Gasteiger partial charge is 0.419 e. The van der Waals surface area contributed by atoms with Crippen LogP contribution in [0.1, 0.15) is 41.5 Å². The van der Waals surface area contributed by atoms with Crippen molar-refractivity contribution in [1.82, 2.24) is 9.47 Å². The number of amides is 2. The van der Waals surface area contributed by atoms with Crippen molar-refractivity contribution in [3.05, 3.63) is 65.7 Å². The van der Waals surface area contributed by atoms with Gasteiger partial charge >= 0.3 is 6.09 Å². The van der Waals surface area contributed by atoms with Crippen LogP contribution in [0.25, 0.3) is 21.8 Å². The summed E-state index contributed by atoms with van der Waals surface area (Å²) in [7, 11) is 2.94. The van der Waals surface area contributed by atoms with E-state index in [4.69, 9.17) is 14.2 Å². The predicted octanol–water partition coefficient (Wildman–Crippen LogP) is 5.60. The Hall–Kier alpha value is -4.33. The molecule has 0 unspecified atom stereocenters. The summed E-state index contributed by atoms with van der Waals surface area (Å²) >= 11 is 0. The van der Waals surface area contributed by atoms with Crippen LogP contribution in [0.4, 0.5) is 4.79 Å². The molecule has 178 valence electrons. The zero-order valence-electron chi connectivity index (χ0n) is 20.0. The SMILES string of the molecule is COc1ccccc1Oc1cc2c(c3c1C(=O)N(C)C3=O)c1ccccc1n2C(=O)OC(C)(C)C. The predicted molar refractivity (Wildman–Crippen MR) is 131 cm³/mol. The standard InChI is InChI=1S/C27H24N2O6/c1-27(2,3)35-26(32)29-16-11-7-6-10-15(16)21-17(29)14-20(22-23(21)25(31)28(4)24(22)30)34-19-13-9-8-12-18(19)33-5/h6-14H,1-5H3. The lowest BCUT2D eigenvalue weighted by Crippen LogP contribution is -2.27. The third-order valence-corrected chi connectivity index (χ3v) is 5.83. The first-order valence-electron chi connectivity index (χ1n) is 11.1. The van der Waals surface area contributed by atoms with Gasteiger partial charge in [0.25, 0.3) is 11.8 Å². The van der Waals surface area contributed by atoms with E-state index in [0.717, 1.165) is 4.90 Å². The fourth-order valence-electron chi connectivity index (χ4n) is 4.36. The minimum Gasteiger partial charge on any atom is -0.493 e. The molecule has 3 aromatic carbocycles. The highest BCUT2D eigenvalue weighted by atomic mass is 16.6. The molecule has 8 nitrogen and oxygen atoms in total. The lowest BCUT2D eigenvalue weighted by molar-refractivity contribution is 0.0550. The highest BCUT2D eigenvalue weighted by molar-refractivity contribution is 6.31. The summed E-state index contributed by atoms with van der Waals surface area (Å²) in [6.07, 6.45) is -0.600. The number of aromatic nitrogens is 1. The Bertz CT molecular complexity index is 1540. The van der Waals surface area contributed by atoms with E-state index in [1.54, 1.807) is 63.2 Å². The number of hydrogen-bond acceptors (Lipinski definition) is 6. The van der Waals surface area contributed by atoms with Crippen LogP contribution in [-0.2, 0) is 4.74 Å². The number of imide groups is 1. The van der Waals surface area contributed by atoms with Gasteiger partial charge in [-0.25, -0.2) is 9.36 Å². The number of carbonyl (C=O) groups is 3. The maximum absolute atomic E-state index is 13.3. The number of nitrogens with zero attached hydrogens (tertiary/aromatic N) is 2. The topological polar surface area (TPSA) is 87.1 Å². The zero-order valence-corrected chi connectivity index (χ0v) is 20.0. The molecule has 0 saturated heterocycles. The number of hydrogen-bond donors (Lipinski definition) is 0. The monoisotopic (exact) mass is 472 g/mol. The van der Waals surface area contributed by atoms with Gasteiger partial charge in [0, 0.05) is 23.9 Å². The molecule has 8 heteroatoms. The van der Waals surface area contributed by atoms with Crippen LogP contribution < -0.4 is 9.47 Å². The van der Waals surface area contributed by atoms with Crippen molar-refractivity contribution in [3.63, 3.8) is 0 Å². The second-order valence-electron chi connectivity index (χ2n) is 9.27. The lowest BCUT2D eigenvalue weighted by atomic mass is 10.0. The number of ether oxygens (including phenoxy) is 3. The van der Waals surface area contributed by atoms with Crippen LogP contribution in [0.3, 0.4) is 0 Å². The van der Waals surface area contributed by atoms with Crippen molar-refractivity contribution in [2.45, 2.75) is 26.4 Å². The van der Waals surface area contributed by atoms with Crippen LogP contribution in [-0.4, -0.2) is 47.1 Å². The molecule has 0 N–H and O–H groups in total. The van der Waals surface area contributed by atoms with E-state index >= 15 is 0 Å². The zero-order chi connectivity index (χ0) is 25.1. The van der Waals surface area contributed by atoms with Gasteiger partial charge in [-0.2, -0.15) is 0 Å². The molecule has 0 atom stereocenters. The minimum absolute atomic E-state index is 0.142. The van der Waals surface area contributed by atoms with Crippen LogP contribution in [0, 0.1) is 0 Å². The minimum atomic E-state index is -0.742. The quantitative estimate of drug-likeness (QED) is 0.361. The molecule has 1 aromatic heterocycles. The van der Waals surface area contributed by atoms with E-state index in [1.807, 2.05) is 12.1 Å². The van der Waals surface area contributed by atoms with E-state index < -0.39 is 23.5 Å². The van der Waals surface area contributed by atoms with Crippen molar-refractivity contribution >= 4 is 39.7 Å². The molecule has 4 aromatic rings. The van der Waals surface area contributed by atoms with Crippen molar-refractivity contribution in [2.24, 2.45) is 0 Å². The van der Waals surface area contributed by atoms with Crippen LogP contribution in [0.2, 0.25) is 0 Å². The molecule has 0 spiro atoms. The molecule has 5 rings (SSSR count). The highest BCUT2D eigenvalue weighted by Gasteiger charge is 2.40. The first kappa shape index (κ1) is 22.5. The van der Waals surface area contributed by atoms with Crippen molar-refractivity contribution < 1.29 is 28.6 Å². The Morgan fingerprint density at radius 3 is 2.14 bits per heavy atom. The number of methoxy groups -OCH3 is 1. The summed E-state index contributed by atoms with van der Waals surface area (Å²) in [5, 5.41) is 1.15. The number of rotatable bonds is 3. The van der Waals surface area contributed by atoms with Crippen molar-refractivity contribution in [3.8, 4) is 17.2 Å². The first-order chi connectivity index (χ1) is 16.6. The normalized spacial score (nSPS) is 13.5. The van der Waals surface area contributed by atoms with E-state index in [2.05, 4.69) is 0 Å². The van der Waals surface area contributed by atoms with Gasteiger partial charge < -0.3 is 14.2 Å². The van der Waals surface area contributed by atoms with Gasteiger partial charge in [-0.3, -0.25) is 14.5 Å². The van der Waals surface area contributed by atoms with Crippen LogP contribution in [0.15, 0.2) is 54.6 Å². The largest absolute Gasteiger partial charge is 0.493 e. The number of fused-ring (bicyclic) bond motifs is 5. The van der Waals surface area contributed by atoms with Crippen LogP contribution in [0.5, 0.6) is 17.2 Å². The van der Waals surface area contributed by atoms with Gasteiger partial charge in [0.15, 0.2) is 11.5 Å². The van der Waals surface area contributed by atoms with E-state index in [1.165, 1.54) is 18.7 Å². The van der Waals surface area contributed by atoms with E-state index in [-0.39, 0.29) is 16.9 Å². The summed E-state index contributed by atoms with van der Waals surface area (Å²) in [5.41, 5.74) is 0.555. The first-order valence-corrected chi connectivity index (χ1v) is 11.1. The molecule has 1 aliphatic heterocycles. The summed E-state index contributed by atoms with van der Waals surface area (Å²) in [5.74, 6) is 0.0243. The van der Waals surface area contributed by atoms with Gasteiger partial charge in [0.2, 0.25) is 0 Å². The van der Waals surface area contributed by atoms with E-state index in [0.29, 0.717) is 33.3 Å². The third-order valence-electron chi connectivity index (χ3n) is 5.83. The molecule has 1 aliphatic rings. The summed E-state index contributed by atoms with van der Waals surface area (Å²) < 4.78 is 18.7. The second-order valence-corrected chi connectivity index (χ2v) is 9.27. The fourth-order valence-corrected chi connectivity index (χ4v) is 4.36. The average Bonchev–Trinajstić information content (AvgIpc) is 3.25. The second kappa shape index (κ2) is 7.87. The lowest BCUT2D eigenvalue weighted by Gasteiger charge is -2.20. The molecule has 0 fully saturated rings. The van der Waals surface area contributed by atoms with Crippen LogP contribution >= 0.6 is 0 Å². The number of para-hydroxylation sites is 3. The molecule has 2 heterocycles. The number of carbonyl (C=O) groups excluding carboxylic acids is 3. The molecule has 0 radical (unpaired) electrons. The Balaban J connectivity index is 1.87. The van der Waals surface area contributed by atoms with Gasteiger partial charge in [0.1, 0.15) is 11.4 Å². The fraction of sp³-hybridized carbons (Fsp3) is 0.222. The van der Waals surface area contributed by atoms with E-state index in [9.17, 15) is 14.4 Å². The van der Waals surface area contributed by atoms with Crippen molar-refractivity contribution in [2.75, 3.05) is 14.2 Å². The Kier molecular flexibility index (Phi) is 5.05. The van der Waals surface area contributed by atoms with Crippen molar-refractivity contribution in [1.29, 1.82) is 0 Å². The van der Waals surface area contributed by atoms with Gasteiger partial charge in [-0.1, -0.05) is 30.3 Å². The molecule has 0 saturated carbocycles. The Morgan fingerprint density at radius 2 is 1.46 bits per heavy atom. The average molecular weight is 472 g/mol. The Morgan fingerprint density at radius 1 is 0.829 bits per heavy atom. The van der Waals surface area contributed by atoms with Gasteiger partial charge in [0.05, 0.1) is 29.3 Å². The molecule has 35 heavy (non-hydrogen) atoms. The molecule has 0 bridgehead atoms. The van der Waals surface area contributed by atoms with Gasteiger partial charge in [-0.05, 0) is 39.0 Å². The summed E-state index contributed by atoms with van der Waals surface area (Å²) in [6, 6.07) is 15.8. The number of benzene rings is 3. The summed E-state index contributed by atoms with van der Waals surface area (Å²) in [4.78, 5) is 40.9.